The van der Waals surface area contributed by atoms with E-state index in [0.717, 1.165) is 15.6 Å². The predicted molar refractivity (Wildman–Crippen MR) is 94.0 cm³/mol. The maximum absolute atomic E-state index is 12.9. The highest BCUT2D eigenvalue weighted by atomic mass is 79.9. The third-order valence-electron chi connectivity index (χ3n) is 3.62. The van der Waals surface area contributed by atoms with E-state index in [2.05, 4.69) is 26.1 Å². The Hall–Kier alpha value is -2.54. The molecular formula is C18H15BrFN3O2. The largest absolute Gasteiger partial charge is 0.337 e. The number of carbonyl (C=O) groups excluding carboxylic acids is 1. The summed E-state index contributed by atoms with van der Waals surface area (Å²) in [5, 5.41) is 3.95. The van der Waals surface area contributed by atoms with Crippen molar-refractivity contribution in [3.63, 3.8) is 0 Å². The second-order valence-corrected chi connectivity index (χ2v) is 6.49. The van der Waals surface area contributed by atoms with E-state index in [0.29, 0.717) is 11.7 Å². The SMILES string of the molecule is CN(Cc1nc(-c2cccc(Br)c2)no1)C(=O)Cc1ccc(F)cc1. The Morgan fingerprint density at radius 2 is 2.00 bits per heavy atom. The molecule has 0 bridgehead atoms. The molecule has 2 aromatic carbocycles. The lowest BCUT2D eigenvalue weighted by molar-refractivity contribution is -0.130. The molecule has 5 nitrogen and oxygen atoms in total. The minimum Gasteiger partial charge on any atom is -0.337 e. The van der Waals surface area contributed by atoms with Crippen LogP contribution in [0, 0.1) is 5.82 Å². The molecule has 0 aliphatic carbocycles. The molecule has 0 saturated heterocycles. The van der Waals surface area contributed by atoms with Crippen molar-refractivity contribution in [3.8, 4) is 11.4 Å². The smallest absolute Gasteiger partial charge is 0.246 e. The molecule has 0 fully saturated rings. The van der Waals surface area contributed by atoms with Crippen molar-refractivity contribution in [2.24, 2.45) is 0 Å². The van der Waals surface area contributed by atoms with Gasteiger partial charge in [-0.2, -0.15) is 4.98 Å². The minimum absolute atomic E-state index is 0.117. The molecule has 0 aliphatic rings. The number of carbonyl (C=O) groups is 1. The summed E-state index contributed by atoms with van der Waals surface area (Å²) in [5.41, 5.74) is 1.57. The van der Waals surface area contributed by atoms with Crippen LogP contribution >= 0.6 is 15.9 Å². The van der Waals surface area contributed by atoms with Crippen LogP contribution in [0.25, 0.3) is 11.4 Å². The highest BCUT2D eigenvalue weighted by Crippen LogP contribution is 2.20. The molecule has 0 spiro atoms. The van der Waals surface area contributed by atoms with Gasteiger partial charge in [0.25, 0.3) is 0 Å². The van der Waals surface area contributed by atoms with E-state index in [1.54, 1.807) is 19.2 Å². The summed E-state index contributed by atoms with van der Waals surface area (Å²) in [7, 11) is 1.66. The first kappa shape index (κ1) is 17.3. The predicted octanol–water partition coefficient (Wildman–Crippen LogP) is 3.84. The van der Waals surface area contributed by atoms with Crippen LogP contribution in [0.5, 0.6) is 0 Å². The third-order valence-corrected chi connectivity index (χ3v) is 4.11. The van der Waals surface area contributed by atoms with Gasteiger partial charge >= 0.3 is 0 Å². The van der Waals surface area contributed by atoms with Gasteiger partial charge in [-0.15, -0.1) is 0 Å². The van der Waals surface area contributed by atoms with E-state index < -0.39 is 0 Å². The first-order valence-electron chi connectivity index (χ1n) is 7.58. The molecule has 1 heterocycles. The third kappa shape index (κ3) is 4.51. The quantitative estimate of drug-likeness (QED) is 0.649. The average Bonchev–Trinajstić information content (AvgIpc) is 3.05. The Bertz CT molecular complexity index is 880. The summed E-state index contributed by atoms with van der Waals surface area (Å²) in [6.45, 7) is 0.209. The Kier molecular flexibility index (Phi) is 5.23. The van der Waals surface area contributed by atoms with Crippen molar-refractivity contribution in [2.45, 2.75) is 13.0 Å². The van der Waals surface area contributed by atoms with Crippen molar-refractivity contribution >= 4 is 21.8 Å². The topological polar surface area (TPSA) is 59.2 Å². The maximum Gasteiger partial charge on any atom is 0.246 e. The van der Waals surface area contributed by atoms with Gasteiger partial charge in [0, 0.05) is 17.1 Å². The molecule has 1 aromatic heterocycles. The van der Waals surface area contributed by atoms with Crippen LogP contribution in [0.4, 0.5) is 4.39 Å². The molecule has 0 radical (unpaired) electrons. The van der Waals surface area contributed by atoms with Gasteiger partial charge in [-0.25, -0.2) is 4.39 Å². The highest BCUT2D eigenvalue weighted by molar-refractivity contribution is 9.10. The van der Waals surface area contributed by atoms with E-state index in [-0.39, 0.29) is 24.7 Å². The lowest BCUT2D eigenvalue weighted by Crippen LogP contribution is -2.27. The van der Waals surface area contributed by atoms with E-state index in [1.165, 1.54) is 17.0 Å². The molecule has 3 rings (SSSR count). The summed E-state index contributed by atoms with van der Waals surface area (Å²) in [6.07, 6.45) is 0.184. The van der Waals surface area contributed by atoms with Crippen molar-refractivity contribution in [2.75, 3.05) is 7.05 Å². The van der Waals surface area contributed by atoms with Gasteiger partial charge in [-0.05, 0) is 29.8 Å². The van der Waals surface area contributed by atoms with Crippen LogP contribution in [-0.2, 0) is 17.8 Å². The number of benzene rings is 2. The number of aromatic nitrogens is 2. The van der Waals surface area contributed by atoms with Crippen LogP contribution in [0.15, 0.2) is 57.5 Å². The fourth-order valence-corrected chi connectivity index (χ4v) is 2.67. The van der Waals surface area contributed by atoms with E-state index >= 15 is 0 Å². The number of hydrogen-bond donors (Lipinski definition) is 0. The lowest BCUT2D eigenvalue weighted by Gasteiger charge is -2.14. The van der Waals surface area contributed by atoms with Crippen molar-refractivity contribution < 1.29 is 13.7 Å². The van der Waals surface area contributed by atoms with Crippen LogP contribution in [-0.4, -0.2) is 28.0 Å². The zero-order valence-corrected chi connectivity index (χ0v) is 15.0. The number of rotatable bonds is 5. The summed E-state index contributed by atoms with van der Waals surface area (Å²) in [5.74, 6) is 0.380. The molecule has 0 atom stereocenters. The molecule has 7 heteroatoms. The zero-order chi connectivity index (χ0) is 17.8. The summed E-state index contributed by atoms with van der Waals surface area (Å²) >= 11 is 3.40. The van der Waals surface area contributed by atoms with Crippen LogP contribution in [0.1, 0.15) is 11.5 Å². The summed E-state index contributed by atoms with van der Waals surface area (Å²) in [4.78, 5) is 18.1. The average molecular weight is 404 g/mol. The first-order valence-corrected chi connectivity index (χ1v) is 8.37. The molecular weight excluding hydrogens is 389 g/mol. The fourth-order valence-electron chi connectivity index (χ4n) is 2.27. The molecule has 0 saturated carbocycles. The number of nitrogens with zero attached hydrogens (tertiary/aromatic N) is 3. The highest BCUT2D eigenvalue weighted by Gasteiger charge is 2.15. The summed E-state index contributed by atoms with van der Waals surface area (Å²) in [6, 6.07) is 13.4. The normalized spacial score (nSPS) is 10.7. The Morgan fingerprint density at radius 3 is 2.72 bits per heavy atom. The summed E-state index contributed by atoms with van der Waals surface area (Å²) < 4.78 is 19.1. The minimum atomic E-state index is -0.324. The number of halogens is 2. The molecule has 0 unspecified atom stereocenters. The number of amides is 1. The number of hydrogen-bond acceptors (Lipinski definition) is 4. The van der Waals surface area contributed by atoms with E-state index in [1.807, 2.05) is 24.3 Å². The van der Waals surface area contributed by atoms with Crippen LogP contribution in [0.3, 0.4) is 0 Å². The van der Waals surface area contributed by atoms with E-state index in [4.69, 9.17) is 4.52 Å². The van der Waals surface area contributed by atoms with Gasteiger partial charge in [0.05, 0.1) is 13.0 Å². The van der Waals surface area contributed by atoms with Gasteiger partial charge in [-0.1, -0.05) is 45.4 Å². The molecule has 0 aliphatic heterocycles. The molecule has 128 valence electrons. The Morgan fingerprint density at radius 1 is 1.24 bits per heavy atom. The molecule has 0 N–H and O–H groups in total. The standard InChI is InChI=1S/C18H15BrFN3O2/c1-23(17(24)9-12-5-7-15(20)8-6-12)11-16-21-18(22-25-16)13-3-2-4-14(19)10-13/h2-8,10H,9,11H2,1H3. The lowest BCUT2D eigenvalue weighted by atomic mass is 10.1. The molecule has 1 amide bonds. The van der Waals surface area contributed by atoms with E-state index in [9.17, 15) is 9.18 Å². The molecule has 3 aromatic rings. The Labute approximate surface area is 152 Å². The van der Waals surface area contributed by atoms with Crippen molar-refractivity contribution in [1.29, 1.82) is 0 Å². The maximum atomic E-state index is 12.9. The van der Waals surface area contributed by atoms with Crippen LogP contribution in [0.2, 0.25) is 0 Å². The number of likely N-dealkylation sites (N-methyl/N-ethyl adjacent to an activating group) is 1. The van der Waals surface area contributed by atoms with Gasteiger partial charge < -0.3 is 9.42 Å². The van der Waals surface area contributed by atoms with Gasteiger partial charge in [-0.3, -0.25) is 4.79 Å². The van der Waals surface area contributed by atoms with Crippen LogP contribution < -0.4 is 0 Å². The van der Waals surface area contributed by atoms with Gasteiger partial charge in [0.1, 0.15) is 5.82 Å². The molecule has 25 heavy (non-hydrogen) atoms. The van der Waals surface area contributed by atoms with Crippen molar-refractivity contribution in [3.05, 3.63) is 70.3 Å². The monoisotopic (exact) mass is 403 g/mol. The van der Waals surface area contributed by atoms with Gasteiger partial charge in [0.15, 0.2) is 0 Å². The zero-order valence-electron chi connectivity index (χ0n) is 13.4. The Balaban J connectivity index is 1.64. The van der Waals surface area contributed by atoms with Crippen molar-refractivity contribution in [1.82, 2.24) is 15.0 Å². The second-order valence-electron chi connectivity index (χ2n) is 5.58. The second kappa shape index (κ2) is 7.57. The first-order chi connectivity index (χ1) is 12.0. The fraction of sp³-hybridized carbons (Fsp3) is 0.167. The van der Waals surface area contributed by atoms with Gasteiger partial charge in [0.2, 0.25) is 17.6 Å².